The van der Waals surface area contributed by atoms with Crippen LogP contribution in [0.3, 0.4) is 0 Å². The van der Waals surface area contributed by atoms with Gasteiger partial charge in [-0.1, -0.05) is 0 Å². The second-order valence-electron chi connectivity index (χ2n) is 4.01. The lowest BCUT2D eigenvalue weighted by Gasteiger charge is -2.07. The molecule has 0 spiro atoms. The fourth-order valence-corrected chi connectivity index (χ4v) is 1.55. The third-order valence-electron chi connectivity index (χ3n) is 2.54. The number of ether oxygens (including phenoxy) is 1. The minimum absolute atomic E-state index is 0.0521. The van der Waals surface area contributed by atoms with Crippen LogP contribution in [-0.4, -0.2) is 12.5 Å². The van der Waals surface area contributed by atoms with Crippen molar-refractivity contribution in [3.05, 3.63) is 54.1 Å². The van der Waals surface area contributed by atoms with E-state index in [9.17, 15) is 4.79 Å². The van der Waals surface area contributed by atoms with Crippen LogP contribution in [0, 0.1) is 11.3 Å². The lowest BCUT2D eigenvalue weighted by molar-refractivity contribution is -0.114. The summed E-state index contributed by atoms with van der Waals surface area (Å²) >= 11 is 0. The van der Waals surface area contributed by atoms with E-state index in [4.69, 9.17) is 15.7 Å². The first kappa shape index (κ1) is 13.6. The van der Waals surface area contributed by atoms with Crippen LogP contribution in [0.5, 0.6) is 11.5 Å². The average molecular weight is 267 g/mol. The fourth-order valence-electron chi connectivity index (χ4n) is 1.55. The molecule has 2 rings (SSSR count). The molecule has 0 unspecified atom stereocenters. The van der Waals surface area contributed by atoms with Crippen molar-refractivity contribution in [1.82, 2.24) is 0 Å². The Morgan fingerprint density at radius 3 is 2.15 bits per heavy atom. The molecule has 0 aromatic heterocycles. The van der Waals surface area contributed by atoms with Crippen LogP contribution in [0.4, 0.5) is 5.69 Å². The van der Waals surface area contributed by atoms with Crippen LogP contribution in [0.25, 0.3) is 0 Å². The van der Waals surface area contributed by atoms with E-state index in [1.54, 1.807) is 48.5 Å². The van der Waals surface area contributed by atoms with E-state index in [-0.39, 0.29) is 12.5 Å². The average Bonchev–Trinajstić information content (AvgIpc) is 2.50. The molecule has 100 valence electrons. The Hall–Kier alpha value is -2.84. The molecule has 0 aliphatic heterocycles. The van der Waals surface area contributed by atoms with Gasteiger partial charge in [-0.05, 0) is 48.5 Å². The topological polar surface area (TPSA) is 88.1 Å². The smallest absolute Gasteiger partial charge is 0.238 e. The molecule has 1 amide bonds. The van der Waals surface area contributed by atoms with Gasteiger partial charge < -0.3 is 15.8 Å². The summed E-state index contributed by atoms with van der Waals surface area (Å²) in [4.78, 5) is 11.1. The maximum Gasteiger partial charge on any atom is 0.238 e. The molecule has 0 heterocycles. The van der Waals surface area contributed by atoms with Gasteiger partial charge in [-0.25, -0.2) is 0 Å². The molecule has 5 nitrogen and oxygen atoms in total. The molecule has 0 fully saturated rings. The Kier molecular flexibility index (Phi) is 4.32. The Labute approximate surface area is 116 Å². The van der Waals surface area contributed by atoms with Gasteiger partial charge in [0.05, 0.1) is 18.2 Å². The Morgan fingerprint density at radius 1 is 1.10 bits per heavy atom. The molecule has 0 saturated carbocycles. The summed E-state index contributed by atoms with van der Waals surface area (Å²) in [5, 5.41) is 11.3. The summed E-state index contributed by atoms with van der Waals surface area (Å²) < 4.78 is 5.62. The van der Waals surface area contributed by atoms with Crippen molar-refractivity contribution in [3.8, 4) is 17.6 Å². The van der Waals surface area contributed by atoms with Crippen molar-refractivity contribution in [3.63, 3.8) is 0 Å². The van der Waals surface area contributed by atoms with Gasteiger partial charge in [0.25, 0.3) is 0 Å². The summed E-state index contributed by atoms with van der Waals surface area (Å²) in [7, 11) is 0. The van der Waals surface area contributed by atoms with Gasteiger partial charge in [-0.2, -0.15) is 5.26 Å². The van der Waals surface area contributed by atoms with Gasteiger partial charge in [0, 0.05) is 5.69 Å². The van der Waals surface area contributed by atoms with E-state index < -0.39 is 0 Å². The van der Waals surface area contributed by atoms with Gasteiger partial charge in [0.15, 0.2) is 0 Å². The Morgan fingerprint density at radius 2 is 1.65 bits per heavy atom. The zero-order chi connectivity index (χ0) is 14.4. The van der Waals surface area contributed by atoms with Crippen LogP contribution < -0.4 is 15.8 Å². The number of amides is 1. The van der Waals surface area contributed by atoms with Gasteiger partial charge in [-0.3, -0.25) is 4.79 Å². The molecule has 3 N–H and O–H groups in total. The van der Waals surface area contributed by atoms with Gasteiger partial charge in [0.2, 0.25) is 5.91 Å². The van der Waals surface area contributed by atoms with Crippen molar-refractivity contribution in [1.29, 1.82) is 5.26 Å². The molecule has 0 aliphatic carbocycles. The highest BCUT2D eigenvalue weighted by Gasteiger charge is 2.01. The van der Waals surface area contributed by atoms with Crippen LogP contribution in [0.2, 0.25) is 0 Å². The fraction of sp³-hybridized carbons (Fsp3) is 0.0667. The van der Waals surface area contributed by atoms with Gasteiger partial charge >= 0.3 is 0 Å². The Bertz CT molecular complexity index is 628. The van der Waals surface area contributed by atoms with Gasteiger partial charge in [0.1, 0.15) is 11.5 Å². The van der Waals surface area contributed by atoms with Crippen LogP contribution in [-0.2, 0) is 4.79 Å². The number of rotatable bonds is 4. The zero-order valence-electron chi connectivity index (χ0n) is 10.7. The molecule has 0 atom stereocenters. The van der Waals surface area contributed by atoms with E-state index in [1.165, 1.54) is 0 Å². The first-order valence-electron chi connectivity index (χ1n) is 5.99. The molecule has 0 radical (unpaired) electrons. The standard InChI is InChI=1S/C15H13N3O2/c16-9-11-1-5-13(6-2-11)20-14-7-3-12(4-8-14)18-15(19)10-17/h1-8H,10,17H2,(H,18,19). The molecule has 0 aliphatic rings. The number of hydrogen-bond acceptors (Lipinski definition) is 4. The predicted molar refractivity (Wildman–Crippen MR) is 75.4 cm³/mol. The molecule has 20 heavy (non-hydrogen) atoms. The van der Waals surface area contributed by atoms with Crippen LogP contribution >= 0.6 is 0 Å². The van der Waals surface area contributed by atoms with E-state index >= 15 is 0 Å². The Balaban J connectivity index is 2.03. The maximum absolute atomic E-state index is 11.1. The lowest BCUT2D eigenvalue weighted by Crippen LogP contribution is -2.21. The van der Waals surface area contributed by atoms with E-state index in [0.29, 0.717) is 22.7 Å². The summed E-state index contributed by atoms with van der Waals surface area (Å²) in [6.07, 6.45) is 0. The minimum atomic E-state index is -0.245. The third-order valence-corrected chi connectivity index (χ3v) is 2.54. The minimum Gasteiger partial charge on any atom is -0.457 e. The van der Waals surface area contributed by atoms with Crippen molar-refractivity contribution >= 4 is 11.6 Å². The number of carbonyl (C=O) groups is 1. The first-order chi connectivity index (χ1) is 9.71. The summed E-state index contributed by atoms with van der Waals surface area (Å²) in [6, 6.07) is 15.8. The van der Waals surface area contributed by atoms with Crippen molar-refractivity contribution in [2.24, 2.45) is 5.73 Å². The highest BCUT2D eigenvalue weighted by atomic mass is 16.5. The number of hydrogen-bond donors (Lipinski definition) is 2. The monoisotopic (exact) mass is 267 g/mol. The number of nitriles is 1. The van der Waals surface area contributed by atoms with Crippen molar-refractivity contribution in [2.75, 3.05) is 11.9 Å². The number of carbonyl (C=O) groups excluding carboxylic acids is 1. The molecule has 0 bridgehead atoms. The highest BCUT2D eigenvalue weighted by molar-refractivity contribution is 5.92. The molecule has 5 heteroatoms. The molecule has 2 aromatic carbocycles. The van der Waals surface area contributed by atoms with E-state index in [1.807, 2.05) is 6.07 Å². The zero-order valence-corrected chi connectivity index (χ0v) is 10.7. The number of anilines is 1. The number of nitrogens with one attached hydrogen (secondary N) is 1. The number of benzene rings is 2. The SMILES string of the molecule is N#Cc1ccc(Oc2ccc(NC(=O)CN)cc2)cc1. The largest absolute Gasteiger partial charge is 0.457 e. The highest BCUT2D eigenvalue weighted by Crippen LogP contribution is 2.23. The second kappa shape index (κ2) is 6.36. The number of nitrogens with two attached hydrogens (primary N) is 1. The second-order valence-corrected chi connectivity index (χ2v) is 4.01. The summed E-state index contributed by atoms with van der Waals surface area (Å²) in [6.45, 7) is -0.0521. The van der Waals surface area contributed by atoms with Crippen LogP contribution in [0.15, 0.2) is 48.5 Å². The predicted octanol–water partition coefficient (Wildman–Crippen LogP) is 2.25. The molecular weight excluding hydrogens is 254 g/mol. The van der Waals surface area contributed by atoms with Crippen LogP contribution in [0.1, 0.15) is 5.56 Å². The lowest BCUT2D eigenvalue weighted by atomic mass is 10.2. The third kappa shape index (κ3) is 3.57. The first-order valence-corrected chi connectivity index (χ1v) is 5.99. The van der Waals surface area contributed by atoms with Gasteiger partial charge in [-0.15, -0.1) is 0 Å². The normalized spacial score (nSPS) is 9.60. The van der Waals surface area contributed by atoms with Crippen molar-refractivity contribution in [2.45, 2.75) is 0 Å². The summed E-state index contributed by atoms with van der Waals surface area (Å²) in [5.41, 5.74) is 6.46. The molecular formula is C15H13N3O2. The quantitative estimate of drug-likeness (QED) is 0.889. The maximum atomic E-state index is 11.1. The molecule has 0 saturated heterocycles. The molecule has 2 aromatic rings. The summed E-state index contributed by atoms with van der Waals surface area (Å²) in [5.74, 6) is 1.04. The van der Waals surface area contributed by atoms with E-state index in [0.717, 1.165) is 0 Å². The van der Waals surface area contributed by atoms with E-state index in [2.05, 4.69) is 5.32 Å². The van der Waals surface area contributed by atoms with Crippen molar-refractivity contribution < 1.29 is 9.53 Å². The number of nitrogens with zero attached hydrogens (tertiary/aromatic N) is 1.